The predicted molar refractivity (Wildman–Crippen MR) is 67.8 cm³/mol. The van der Waals surface area contributed by atoms with E-state index in [1.54, 1.807) is 13.2 Å². The minimum atomic E-state index is -0.427. The summed E-state index contributed by atoms with van der Waals surface area (Å²) in [5.74, 6) is 0.487. The van der Waals surface area contributed by atoms with Gasteiger partial charge in [-0.15, -0.1) is 0 Å². The van der Waals surface area contributed by atoms with Crippen LogP contribution in [0.5, 0.6) is 5.75 Å². The van der Waals surface area contributed by atoms with Crippen LogP contribution in [0.2, 0.25) is 0 Å². The lowest BCUT2D eigenvalue weighted by atomic mass is 10.2. The van der Waals surface area contributed by atoms with E-state index in [9.17, 15) is 10.1 Å². The van der Waals surface area contributed by atoms with E-state index < -0.39 is 4.92 Å². The molecule has 0 aliphatic heterocycles. The van der Waals surface area contributed by atoms with Crippen LogP contribution in [0.25, 0.3) is 0 Å². The van der Waals surface area contributed by atoms with Gasteiger partial charge in [0, 0.05) is 26.3 Å². The Morgan fingerprint density at radius 1 is 1.39 bits per heavy atom. The largest absolute Gasteiger partial charge is 0.496 e. The molecule has 0 aromatic heterocycles. The van der Waals surface area contributed by atoms with Gasteiger partial charge in [0.15, 0.2) is 0 Å². The molecule has 1 aromatic carbocycles. The van der Waals surface area contributed by atoms with Gasteiger partial charge in [0.1, 0.15) is 5.75 Å². The number of methoxy groups -OCH3 is 2. The molecule has 1 aromatic rings. The summed E-state index contributed by atoms with van der Waals surface area (Å²) in [5, 5.41) is 13.9. The lowest BCUT2D eigenvalue weighted by Gasteiger charge is -2.11. The number of hydrogen-bond donors (Lipinski definition) is 1. The Hall–Kier alpha value is -1.66. The highest BCUT2D eigenvalue weighted by Crippen LogP contribution is 2.22. The number of nitro benzene ring substituents is 1. The van der Waals surface area contributed by atoms with Crippen LogP contribution in [-0.2, 0) is 11.3 Å². The van der Waals surface area contributed by atoms with Gasteiger partial charge in [-0.1, -0.05) is 0 Å². The van der Waals surface area contributed by atoms with Crippen LogP contribution in [0.4, 0.5) is 5.69 Å². The van der Waals surface area contributed by atoms with Crippen molar-refractivity contribution in [1.82, 2.24) is 5.32 Å². The lowest BCUT2D eigenvalue weighted by Crippen LogP contribution is -2.25. The SMILES string of the molecule is COc1cc(CNCC(C)OC)cc([N+](=O)[O-])c1. The van der Waals surface area contributed by atoms with Gasteiger partial charge in [0.2, 0.25) is 0 Å². The van der Waals surface area contributed by atoms with Gasteiger partial charge >= 0.3 is 0 Å². The first-order chi connectivity index (χ1) is 8.56. The fourth-order valence-corrected chi connectivity index (χ4v) is 1.47. The first-order valence-electron chi connectivity index (χ1n) is 5.62. The van der Waals surface area contributed by atoms with E-state index in [2.05, 4.69) is 5.32 Å². The van der Waals surface area contributed by atoms with E-state index in [1.807, 2.05) is 6.92 Å². The van der Waals surface area contributed by atoms with Gasteiger partial charge in [0.25, 0.3) is 5.69 Å². The number of benzene rings is 1. The first-order valence-corrected chi connectivity index (χ1v) is 5.62. The Bertz CT molecular complexity index is 409. The average molecular weight is 254 g/mol. The molecule has 0 heterocycles. The van der Waals surface area contributed by atoms with Crippen molar-refractivity contribution in [1.29, 1.82) is 0 Å². The molecular formula is C12H18N2O4. The highest BCUT2D eigenvalue weighted by molar-refractivity contribution is 5.42. The molecule has 1 N–H and O–H groups in total. The van der Waals surface area contributed by atoms with Crippen molar-refractivity contribution < 1.29 is 14.4 Å². The third-order valence-corrected chi connectivity index (χ3v) is 2.56. The summed E-state index contributed by atoms with van der Waals surface area (Å²) in [6.45, 7) is 3.16. The molecule has 0 fully saturated rings. The summed E-state index contributed by atoms with van der Waals surface area (Å²) in [6, 6.07) is 4.71. The summed E-state index contributed by atoms with van der Waals surface area (Å²) in [7, 11) is 3.13. The van der Waals surface area contributed by atoms with Crippen molar-refractivity contribution in [3.8, 4) is 5.75 Å². The molecule has 0 saturated heterocycles. The Morgan fingerprint density at radius 3 is 2.67 bits per heavy atom. The van der Waals surface area contributed by atoms with Crippen molar-refractivity contribution in [2.24, 2.45) is 0 Å². The second kappa shape index (κ2) is 6.93. The van der Waals surface area contributed by atoms with Crippen LogP contribution in [0, 0.1) is 10.1 Å². The van der Waals surface area contributed by atoms with Crippen molar-refractivity contribution in [2.45, 2.75) is 19.6 Å². The lowest BCUT2D eigenvalue weighted by molar-refractivity contribution is -0.385. The fraction of sp³-hybridized carbons (Fsp3) is 0.500. The molecule has 0 spiro atoms. The molecule has 0 radical (unpaired) electrons. The maximum absolute atomic E-state index is 10.8. The smallest absolute Gasteiger partial charge is 0.273 e. The van der Waals surface area contributed by atoms with Crippen LogP contribution in [0.3, 0.4) is 0 Å². The van der Waals surface area contributed by atoms with Crippen LogP contribution in [0.1, 0.15) is 12.5 Å². The van der Waals surface area contributed by atoms with Gasteiger partial charge in [0.05, 0.1) is 24.2 Å². The molecule has 1 rings (SSSR count). The zero-order chi connectivity index (χ0) is 13.5. The number of nitro groups is 1. The highest BCUT2D eigenvalue weighted by Gasteiger charge is 2.10. The van der Waals surface area contributed by atoms with Crippen molar-refractivity contribution >= 4 is 5.69 Å². The minimum absolute atomic E-state index is 0.0333. The predicted octanol–water partition coefficient (Wildman–Crippen LogP) is 1.73. The van der Waals surface area contributed by atoms with E-state index in [1.165, 1.54) is 19.2 Å². The summed E-state index contributed by atoms with van der Waals surface area (Å²) in [6.07, 6.45) is 0.102. The molecule has 0 aliphatic rings. The molecule has 0 aliphatic carbocycles. The van der Waals surface area contributed by atoms with Crippen molar-refractivity contribution in [3.05, 3.63) is 33.9 Å². The van der Waals surface area contributed by atoms with E-state index >= 15 is 0 Å². The number of rotatable bonds is 7. The average Bonchev–Trinajstić information content (AvgIpc) is 2.37. The zero-order valence-electron chi connectivity index (χ0n) is 10.8. The molecule has 100 valence electrons. The molecule has 0 amide bonds. The van der Waals surface area contributed by atoms with Gasteiger partial charge in [-0.2, -0.15) is 0 Å². The number of hydrogen-bond acceptors (Lipinski definition) is 5. The normalized spacial score (nSPS) is 12.2. The quantitative estimate of drug-likeness (QED) is 0.592. The maximum atomic E-state index is 10.8. The Labute approximate surface area is 106 Å². The van der Waals surface area contributed by atoms with Crippen LogP contribution >= 0.6 is 0 Å². The van der Waals surface area contributed by atoms with Gasteiger partial charge < -0.3 is 14.8 Å². The molecular weight excluding hydrogens is 236 g/mol. The van der Waals surface area contributed by atoms with Gasteiger partial charge in [-0.05, 0) is 18.6 Å². The molecule has 6 nitrogen and oxygen atoms in total. The molecule has 6 heteroatoms. The first kappa shape index (κ1) is 14.4. The fourth-order valence-electron chi connectivity index (χ4n) is 1.47. The van der Waals surface area contributed by atoms with Crippen molar-refractivity contribution in [2.75, 3.05) is 20.8 Å². The summed E-state index contributed by atoms with van der Waals surface area (Å²) >= 11 is 0. The topological polar surface area (TPSA) is 73.6 Å². The van der Waals surface area contributed by atoms with Crippen molar-refractivity contribution in [3.63, 3.8) is 0 Å². The molecule has 1 atom stereocenters. The number of nitrogens with zero attached hydrogens (tertiary/aromatic N) is 1. The van der Waals surface area contributed by atoms with Gasteiger partial charge in [-0.3, -0.25) is 10.1 Å². The second-order valence-electron chi connectivity index (χ2n) is 3.97. The maximum Gasteiger partial charge on any atom is 0.273 e. The van der Waals surface area contributed by atoms with E-state index in [0.717, 1.165) is 5.56 Å². The van der Waals surface area contributed by atoms with Crippen LogP contribution in [-0.4, -0.2) is 31.8 Å². The van der Waals surface area contributed by atoms with Crippen LogP contribution < -0.4 is 10.1 Å². The third-order valence-electron chi connectivity index (χ3n) is 2.56. The van der Waals surface area contributed by atoms with E-state index in [0.29, 0.717) is 18.8 Å². The minimum Gasteiger partial charge on any atom is -0.496 e. The Morgan fingerprint density at radius 2 is 2.11 bits per heavy atom. The van der Waals surface area contributed by atoms with Crippen LogP contribution in [0.15, 0.2) is 18.2 Å². The molecule has 18 heavy (non-hydrogen) atoms. The zero-order valence-corrected chi connectivity index (χ0v) is 10.8. The Kier molecular flexibility index (Phi) is 5.54. The number of nitrogens with one attached hydrogen (secondary N) is 1. The number of ether oxygens (including phenoxy) is 2. The summed E-state index contributed by atoms with van der Waals surface area (Å²) in [5.41, 5.74) is 0.843. The molecule has 0 bridgehead atoms. The summed E-state index contributed by atoms with van der Waals surface area (Å²) in [4.78, 5) is 10.3. The number of non-ortho nitro benzene ring substituents is 1. The second-order valence-corrected chi connectivity index (χ2v) is 3.97. The monoisotopic (exact) mass is 254 g/mol. The van der Waals surface area contributed by atoms with Gasteiger partial charge in [-0.25, -0.2) is 0 Å². The highest BCUT2D eigenvalue weighted by atomic mass is 16.6. The van der Waals surface area contributed by atoms with E-state index in [-0.39, 0.29) is 11.8 Å². The third kappa shape index (κ3) is 4.31. The molecule has 0 saturated carbocycles. The summed E-state index contributed by atoms with van der Waals surface area (Å²) < 4.78 is 10.1. The standard InChI is InChI=1S/C12H18N2O4/c1-9(17-2)7-13-8-10-4-11(14(15)16)6-12(5-10)18-3/h4-6,9,13H,7-8H2,1-3H3. The Balaban J connectivity index is 2.69. The molecule has 1 unspecified atom stereocenters. The van der Waals surface area contributed by atoms with E-state index in [4.69, 9.17) is 9.47 Å².